The summed E-state index contributed by atoms with van der Waals surface area (Å²) in [6.07, 6.45) is 0. The van der Waals surface area contributed by atoms with Crippen LogP contribution in [0.2, 0.25) is 0 Å². The van der Waals surface area contributed by atoms with E-state index in [1.807, 2.05) is 62.4 Å². The fraction of sp³-hybridized carbons (Fsp3) is 0.174. The van der Waals surface area contributed by atoms with E-state index in [2.05, 4.69) is 10.1 Å². The van der Waals surface area contributed by atoms with E-state index in [4.69, 9.17) is 14.0 Å². The predicted molar refractivity (Wildman–Crippen MR) is 109 cm³/mol. The van der Waals surface area contributed by atoms with Gasteiger partial charge in [-0.05, 0) is 37.6 Å². The highest BCUT2D eigenvalue weighted by Gasteiger charge is 2.19. The van der Waals surface area contributed by atoms with Crippen molar-refractivity contribution in [3.8, 4) is 17.0 Å². The standard InChI is InChI=1S/C23H20N2O4/c1-14-17-8-4-6-10-19(17)24-15(2)22(14)23(26)28-13-16-12-20(25-29-16)18-9-5-7-11-21(18)27-3/h4-12H,13H2,1-3H3. The molecule has 2 aromatic carbocycles. The SMILES string of the molecule is COc1ccccc1-c1cc(COC(=O)c2c(C)nc3ccccc3c2C)on1. The third-order valence-corrected chi connectivity index (χ3v) is 4.82. The van der Waals surface area contributed by atoms with E-state index in [9.17, 15) is 4.79 Å². The van der Waals surface area contributed by atoms with Crippen LogP contribution < -0.4 is 4.74 Å². The van der Waals surface area contributed by atoms with Crippen LogP contribution in [0, 0.1) is 13.8 Å². The summed E-state index contributed by atoms with van der Waals surface area (Å²) in [5.74, 6) is 0.703. The summed E-state index contributed by atoms with van der Waals surface area (Å²) in [6, 6.07) is 17.0. The number of pyridine rings is 1. The Morgan fingerprint density at radius 3 is 2.66 bits per heavy atom. The highest BCUT2D eigenvalue weighted by molar-refractivity contribution is 5.98. The quantitative estimate of drug-likeness (QED) is 0.454. The number of rotatable bonds is 5. The predicted octanol–water partition coefficient (Wildman–Crippen LogP) is 4.87. The minimum atomic E-state index is -0.437. The van der Waals surface area contributed by atoms with Gasteiger partial charge in [0.1, 0.15) is 11.4 Å². The Labute approximate surface area is 168 Å². The number of hydrogen-bond acceptors (Lipinski definition) is 6. The van der Waals surface area contributed by atoms with Crippen molar-refractivity contribution in [2.24, 2.45) is 0 Å². The molecule has 0 amide bonds. The van der Waals surface area contributed by atoms with Crippen molar-refractivity contribution < 1.29 is 18.8 Å². The van der Waals surface area contributed by atoms with E-state index in [-0.39, 0.29) is 6.61 Å². The van der Waals surface area contributed by atoms with E-state index >= 15 is 0 Å². The monoisotopic (exact) mass is 388 g/mol. The number of hydrogen-bond donors (Lipinski definition) is 0. The van der Waals surface area contributed by atoms with E-state index in [0.29, 0.717) is 28.5 Å². The summed E-state index contributed by atoms with van der Waals surface area (Å²) in [5, 5.41) is 5.00. The maximum atomic E-state index is 12.7. The van der Waals surface area contributed by atoms with Crippen molar-refractivity contribution in [3.05, 3.63) is 77.2 Å². The van der Waals surface area contributed by atoms with Crippen LogP contribution in [-0.4, -0.2) is 23.2 Å². The maximum Gasteiger partial charge on any atom is 0.340 e. The number of carbonyl (C=O) groups excluding carboxylic acids is 1. The maximum absolute atomic E-state index is 12.7. The van der Waals surface area contributed by atoms with Crippen LogP contribution in [0.5, 0.6) is 5.75 Å². The molecule has 0 aliphatic rings. The lowest BCUT2D eigenvalue weighted by atomic mass is 10.0. The first-order chi connectivity index (χ1) is 14.1. The van der Waals surface area contributed by atoms with Gasteiger partial charge >= 0.3 is 5.97 Å². The van der Waals surface area contributed by atoms with Gasteiger partial charge < -0.3 is 14.0 Å². The van der Waals surface area contributed by atoms with Gasteiger partial charge in [-0.2, -0.15) is 0 Å². The number of methoxy groups -OCH3 is 1. The second kappa shape index (κ2) is 7.75. The van der Waals surface area contributed by atoms with E-state index in [0.717, 1.165) is 22.0 Å². The highest BCUT2D eigenvalue weighted by atomic mass is 16.5. The number of fused-ring (bicyclic) bond motifs is 1. The Morgan fingerprint density at radius 2 is 1.83 bits per heavy atom. The van der Waals surface area contributed by atoms with Gasteiger partial charge in [-0.3, -0.25) is 4.98 Å². The number of carbonyl (C=O) groups is 1. The molecule has 0 N–H and O–H groups in total. The van der Waals surface area contributed by atoms with E-state index in [1.54, 1.807) is 13.2 Å². The molecule has 146 valence electrons. The normalized spacial score (nSPS) is 10.9. The molecule has 0 aliphatic heterocycles. The Morgan fingerprint density at radius 1 is 1.07 bits per heavy atom. The molecule has 0 saturated heterocycles. The lowest BCUT2D eigenvalue weighted by Crippen LogP contribution is -2.10. The summed E-state index contributed by atoms with van der Waals surface area (Å²) in [5.41, 5.74) is 4.25. The number of aromatic nitrogens is 2. The fourth-order valence-corrected chi connectivity index (χ4v) is 3.40. The smallest absolute Gasteiger partial charge is 0.340 e. The van der Waals surface area contributed by atoms with Gasteiger partial charge in [-0.1, -0.05) is 35.5 Å². The number of nitrogens with zero attached hydrogens (tertiary/aromatic N) is 2. The molecule has 0 spiro atoms. The first-order valence-electron chi connectivity index (χ1n) is 9.20. The number of ether oxygens (including phenoxy) is 2. The van der Waals surface area contributed by atoms with Gasteiger partial charge in [-0.15, -0.1) is 0 Å². The van der Waals surface area contributed by atoms with Crippen molar-refractivity contribution in [2.75, 3.05) is 7.11 Å². The molecule has 0 unspecified atom stereocenters. The zero-order chi connectivity index (χ0) is 20.4. The molecule has 0 bridgehead atoms. The summed E-state index contributed by atoms with van der Waals surface area (Å²) >= 11 is 0. The second-order valence-electron chi connectivity index (χ2n) is 6.67. The number of esters is 1. The second-order valence-corrected chi connectivity index (χ2v) is 6.67. The molecule has 0 aliphatic carbocycles. The van der Waals surface area contributed by atoms with Crippen LogP contribution in [0.1, 0.15) is 27.4 Å². The Hall–Kier alpha value is -3.67. The fourth-order valence-electron chi connectivity index (χ4n) is 3.40. The van der Waals surface area contributed by atoms with Gasteiger partial charge in [0.2, 0.25) is 0 Å². The first-order valence-corrected chi connectivity index (χ1v) is 9.20. The van der Waals surface area contributed by atoms with Crippen molar-refractivity contribution in [2.45, 2.75) is 20.5 Å². The van der Waals surface area contributed by atoms with Crippen LogP contribution in [0.15, 0.2) is 59.1 Å². The molecule has 29 heavy (non-hydrogen) atoms. The Balaban J connectivity index is 1.54. The molecule has 4 rings (SSSR count). The average Bonchev–Trinajstić information content (AvgIpc) is 3.21. The van der Waals surface area contributed by atoms with E-state index in [1.165, 1.54) is 0 Å². The van der Waals surface area contributed by atoms with Crippen molar-refractivity contribution in [3.63, 3.8) is 0 Å². The zero-order valence-electron chi connectivity index (χ0n) is 16.4. The molecule has 0 fully saturated rings. The molecule has 4 aromatic rings. The third-order valence-electron chi connectivity index (χ3n) is 4.82. The molecule has 0 saturated carbocycles. The molecule has 2 heterocycles. The summed E-state index contributed by atoms with van der Waals surface area (Å²) in [6.45, 7) is 3.69. The van der Waals surface area contributed by atoms with Gasteiger partial charge in [0.05, 0.1) is 23.9 Å². The summed E-state index contributed by atoms with van der Waals surface area (Å²) in [4.78, 5) is 17.3. The van der Waals surface area contributed by atoms with Crippen molar-refractivity contribution in [1.29, 1.82) is 0 Å². The van der Waals surface area contributed by atoms with Crippen LogP contribution in [0.25, 0.3) is 22.2 Å². The number of aryl methyl sites for hydroxylation is 2. The largest absolute Gasteiger partial charge is 0.496 e. The van der Waals surface area contributed by atoms with Crippen LogP contribution in [0.4, 0.5) is 0 Å². The van der Waals surface area contributed by atoms with Crippen LogP contribution >= 0.6 is 0 Å². The minimum Gasteiger partial charge on any atom is -0.496 e. The van der Waals surface area contributed by atoms with Gasteiger partial charge in [0.15, 0.2) is 12.4 Å². The molecule has 6 nitrogen and oxygen atoms in total. The zero-order valence-corrected chi connectivity index (χ0v) is 16.4. The third kappa shape index (κ3) is 3.57. The van der Waals surface area contributed by atoms with Crippen LogP contribution in [-0.2, 0) is 11.3 Å². The summed E-state index contributed by atoms with van der Waals surface area (Å²) < 4.78 is 16.2. The highest BCUT2D eigenvalue weighted by Crippen LogP contribution is 2.29. The topological polar surface area (TPSA) is 74.5 Å². The van der Waals surface area contributed by atoms with Gasteiger partial charge in [0, 0.05) is 17.0 Å². The van der Waals surface area contributed by atoms with Gasteiger partial charge in [-0.25, -0.2) is 4.79 Å². The Bertz CT molecular complexity index is 1200. The van der Waals surface area contributed by atoms with Crippen molar-refractivity contribution >= 4 is 16.9 Å². The van der Waals surface area contributed by atoms with E-state index < -0.39 is 5.97 Å². The lowest BCUT2D eigenvalue weighted by Gasteiger charge is -2.11. The summed E-state index contributed by atoms with van der Waals surface area (Å²) in [7, 11) is 1.60. The number of benzene rings is 2. The van der Waals surface area contributed by atoms with Gasteiger partial charge in [0.25, 0.3) is 0 Å². The minimum absolute atomic E-state index is 0.0211. The molecule has 6 heteroatoms. The lowest BCUT2D eigenvalue weighted by molar-refractivity contribution is 0.0435. The molecular formula is C23H20N2O4. The number of para-hydroxylation sites is 2. The molecule has 0 radical (unpaired) electrons. The van der Waals surface area contributed by atoms with Crippen LogP contribution in [0.3, 0.4) is 0 Å². The van der Waals surface area contributed by atoms with Crippen molar-refractivity contribution in [1.82, 2.24) is 10.1 Å². The molecular weight excluding hydrogens is 368 g/mol. The molecule has 2 aromatic heterocycles. The Kier molecular flexibility index (Phi) is 4.99. The molecule has 0 atom stereocenters. The first kappa shape index (κ1) is 18.7. The average molecular weight is 388 g/mol.